The summed E-state index contributed by atoms with van der Waals surface area (Å²) in [6.07, 6.45) is 0.765. The maximum absolute atomic E-state index is 12.8. The predicted octanol–water partition coefficient (Wildman–Crippen LogP) is 3.74. The first-order valence-corrected chi connectivity index (χ1v) is 11.0. The summed E-state index contributed by atoms with van der Waals surface area (Å²) >= 11 is 1.54. The largest absolute Gasteiger partial charge is 0.497 e. The van der Waals surface area contributed by atoms with E-state index in [2.05, 4.69) is 20.4 Å². The van der Waals surface area contributed by atoms with Gasteiger partial charge < -0.3 is 10.1 Å². The number of thiophene rings is 1. The number of anilines is 1. The summed E-state index contributed by atoms with van der Waals surface area (Å²) in [6, 6.07) is 13.0. The van der Waals surface area contributed by atoms with Gasteiger partial charge in [-0.05, 0) is 42.5 Å². The minimum atomic E-state index is -0.210. The molecule has 0 bridgehead atoms. The van der Waals surface area contributed by atoms with Gasteiger partial charge in [0.1, 0.15) is 17.3 Å². The number of nitrogens with zero attached hydrogens (tertiary/aromatic N) is 3. The van der Waals surface area contributed by atoms with Crippen molar-refractivity contribution in [3.05, 3.63) is 75.0 Å². The number of amides is 1. The highest BCUT2D eigenvalue weighted by molar-refractivity contribution is 7.13. The number of carbonyl (C=O) groups excluding carboxylic acids is 1. The third-order valence-electron chi connectivity index (χ3n) is 5.04. The Morgan fingerprint density at radius 1 is 1.25 bits per heavy atom. The van der Waals surface area contributed by atoms with E-state index in [0.29, 0.717) is 29.2 Å². The molecule has 1 aromatic carbocycles. The minimum absolute atomic E-state index is 0.182. The van der Waals surface area contributed by atoms with Gasteiger partial charge in [-0.2, -0.15) is 9.78 Å². The van der Waals surface area contributed by atoms with E-state index in [4.69, 9.17) is 4.74 Å². The summed E-state index contributed by atoms with van der Waals surface area (Å²) in [5, 5.41) is 9.47. The molecule has 0 fully saturated rings. The standard InChI is InChI=1S/C23H23N5O3S/c1-4-17-14(2)24-23(26-22(17)30)28-20(13-18(27-28)19-6-5-11-32-19)25-21(29)12-15-7-9-16(31-3)10-8-15/h5-11,13H,4,12H2,1-3H3,(H,25,29)(H,24,26,30). The van der Waals surface area contributed by atoms with Gasteiger partial charge in [-0.25, -0.2) is 4.98 Å². The van der Waals surface area contributed by atoms with Crippen molar-refractivity contribution >= 4 is 23.1 Å². The molecule has 3 heterocycles. The Bertz CT molecular complexity index is 1290. The van der Waals surface area contributed by atoms with Crippen LogP contribution in [0.2, 0.25) is 0 Å². The van der Waals surface area contributed by atoms with E-state index >= 15 is 0 Å². The molecule has 3 aromatic heterocycles. The highest BCUT2D eigenvalue weighted by Crippen LogP contribution is 2.27. The van der Waals surface area contributed by atoms with E-state index in [1.54, 1.807) is 20.1 Å². The number of aromatic amines is 1. The van der Waals surface area contributed by atoms with E-state index < -0.39 is 0 Å². The number of ether oxygens (including phenoxy) is 1. The zero-order valence-electron chi connectivity index (χ0n) is 18.0. The molecule has 2 N–H and O–H groups in total. The van der Waals surface area contributed by atoms with Crippen LogP contribution >= 0.6 is 11.3 Å². The summed E-state index contributed by atoms with van der Waals surface area (Å²) < 4.78 is 6.63. The summed E-state index contributed by atoms with van der Waals surface area (Å²) in [4.78, 5) is 33.5. The third-order valence-corrected chi connectivity index (χ3v) is 5.93. The molecule has 0 unspecified atom stereocenters. The van der Waals surface area contributed by atoms with E-state index in [-0.39, 0.29) is 23.8 Å². The van der Waals surface area contributed by atoms with Gasteiger partial charge in [-0.3, -0.25) is 14.6 Å². The lowest BCUT2D eigenvalue weighted by molar-refractivity contribution is -0.115. The van der Waals surface area contributed by atoms with Gasteiger partial charge >= 0.3 is 0 Å². The van der Waals surface area contributed by atoms with E-state index in [9.17, 15) is 9.59 Å². The van der Waals surface area contributed by atoms with Crippen LogP contribution in [0.1, 0.15) is 23.7 Å². The first kappa shape index (κ1) is 21.5. The molecule has 8 nitrogen and oxygen atoms in total. The van der Waals surface area contributed by atoms with Crippen LogP contribution in [0.15, 0.2) is 52.6 Å². The second kappa shape index (κ2) is 9.19. The number of carbonyl (C=O) groups is 1. The van der Waals surface area contributed by atoms with Gasteiger partial charge in [0.25, 0.3) is 5.56 Å². The SMILES string of the molecule is CCc1c(C)nc(-n2nc(-c3cccs3)cc2NC(=O)Cc2ccc(OC)cc2)[nH]c1=O. The van der Waals surface area contributed by atoms with Gasteiger partial charge in [0, 0.05) is 17.3 Å². The second-order valence-corrected chi connectivity index (χ2v) is 8.13. The molecular weight excluding hydrogens is 426 g/mol. The molecule has 0 saturated heterocycles. The molecule has 0 aliphatic rings. The monoisotopic (exact) mass is 449 g/mol. The van der Waals surface area contributed by atoms with Crippen LogP contribution < -0.4 is 15.6 Å². The van der Waals surface area contributed by atoms with Crippen LogP contribution in [0.5, 0.6) is 5.75 Å². The number of hydrogen-bond acceptors (Lipinski definition) is 6. The molecule has 0 spiro atoms. The molecule has 0 aliphatic carbocycles. The number of benzene rings is 1. The first-order chi connectivity index (χ1) is 15.5. The molecule has 1 amide bonds. The average Bonchev–Trinajstić information content (AvgIpc) is 3.44. The van der Waals surface area contributed by atoms with Crippen LogP contribution in [0.4, 0.5) is 5.82 Å². The van der Waals surface area contributed by atoms with Crippen molar-refractivity contribution in [3.63, 3.8) is 0 Å². The fourth-order valence-electron chi connectivity index (χ4n) is 3.40. The number of aryl methyl sites for hydroxylation is 1. The molecule has 0 radical (unpaired) electrons. The lowest BCUT2D eigenvalue weighted by Gasteiger charge is -2.10. The zero-order valence-corrected chi connectivity index (χ0v) is 18.8. The molecule has 4 aromatic rings. The Hall–Kier alpha value is -3.72. The lowest BCUT2D eigenvalue weighted by atomic mass is 10.1. The lowest BCUT2D eigenvalue weighted by Crippen LogP contribution is -2.22. The first-order valence-electron chi connectivity index (χ1n) is 10.2. The number of rotatable bonds is 7. The third kappa shape index (κ3) is 4.47. The van der Waals surface area contributed by atoms with Crippen molar-refractivity contribution < 1.29 is 9.53 Å². The van der Waals surface area contributed by atoms with Crippen LogP contribution in [0.3, 0.4) is 0 Å². The van der Waals surface area contributed by atoms with Crippen molar-refractivity contribution in [1.29, 1.82) is 0 Å². The molecular formula is C23H23N5O3S. The van der Waals surface area contributed by atoms with Gasteiger partial charge in [0.15, 0.2) is 0 Å². The molecule has 0 saturated carbocycles. The smallest absolute Gasteiger partial charge is 0.255 e. The number of H-pyrrole nitrogens is 1. The van der Waals surface area contributed by atoms with E-state index in [1.807, 2.05) is 48.7 Å². The molecule has 164 valence electrons. The van der Waals surface area contributed by atoms with Gasteiger partial charge in [-0.15, -0.1) is 11.3 Å². The molecule has 0 atom stereocenters. The fourth-order valence-corrected chi connectivity index (χ4v) is 4.09. The topological polar surface area (TPSA) is 102 Å². The van der Waals surface area contributed by atoms with Gasteiger partial charge in [0.05, 0.1) is 18.4 Å². The highest BCUT2D eigenvalue weighted by atomic mass is 32.1. The van der Waals surface area contributed by atoms with Gasteiger partial charge in [-0.1, -0.05) is 25.1 Å². The number of methoxy groups -OCH3 is 1. The summed E-state index contributed by atoms with van der Waals surface area (Å²) in [7, 11) is 1.60. The van der Waals surface area contributed by atoms with Crippen molar-refractivity contribution in [2.45, 2.75) is 26.7 Å². The molecule has 9 heteroatoms. The van der Waals surface area contributed by atoms with Crippen LogP contribution in [0.25, 0.3) is 16.5 Å². The van der Waals surface area contributed by atoms with Crippen LogP contribution in [-0.2, 0) is 17.6 Å². The normalized spacial score (nSPS) is 10.8. The molecule has 32 heavy (non-hydrogen) atoms. The zero-order chi connectivity index (χ0) is 22.7. The summed E-state index contributed by atoms with van der Waals surface area (Å²) in [5.74, 6) is 1.21. The van der Waals surface area contributed by atoms with Gasteiger partial charge in [0.2, 0.25) is 11.9 Å². The van der Waals surface area contributed by atoms with E-state index in [1.165, 1.54) is 16.0 Å². The highest BCUT2D eigenvalue weighted by Gasteiger charge is 2.17. The summed E-state index contributed by atoms with van der Waals surface area (Å²) in [5.41, 5.74) is 2.58. The molecule has 0 aliphatic heterocycles. The summed E-state index contributed by atoms with van der Waals surface area (Å²) in [6.45, 7) is 3.70. The Kier molecular flexibility index (Phi) is 6.18. The fraction of sp³-hybridized carbons (Fsp3) is 0.217. The number of nitrogens with one attached hydrogen (secondary N) is 2. The number of aromatic nitrogens is 4. The maximum Gasteiger partial charge on any atom is 0.255 e. The Labute approximate surface area is 188 Å². The van der Waals surface area contributed by atoms with E-state index in [0.717, 1.165) is 16.2 Å². The predicted molar refractivity (Wildman–Crippen MR) is 125 cm³/mol. The van der Waals surface area contributed by atoms with Crippen LogP contribution in [0, 0.1) is 6.92 Å². The van der Waals surface area contributed by atoms with Crippen molar-refractivity contribution in [2.75, 3.05) is 12.4 Å². The Morgan fingerprint density at radius 2 is 2.03 bits per heavy atom. The van der Waals surface area contributed by atoms with Crippen LogP contribution in [-0.4, -0.2) is 32.8 Å². The second-order valence-electron chi connectivity index (χ2n) is 7.18. The Morgan fingerprint density at radius 3 is 2.66 bits per heavy atom. The maximum atomic E-state index is 12.8. The average molecular weight is 450 g/mol. The minimum Gasteiger partial charge on any atom is -0.497 e. The number of hydrogen-bond donors (Lipinski definition) is 2. The van der Waals surface area contributed by atoms with Crippen molar-refractivity contribution in [2.24, 2.45) is 0 Å². The van der Waals surface area contributed by atoms with Crippen molar-refractivity contribution in [1.82, 2.24) is 19.7 Å². The Balaban J connectivity index is 1.67. The van der Waals surface area contributed by atoms with Crippen molar-refractivity contribution in [3.8, 4) is 22.3 Å². The quantitative estimate of drug-likeness (QED) is 0.447. The molecule has 4 rings (SSSR count).